The largest absolute Gasteiger partial charge is 0.360 e. The smallest absolute Gasteiger partial charge is 0.166 e. The van der Waals surface area contributed by atoms with Crippen LogP contribution in [-0.4, -0.2) is 17.2 Å². The summed E-state index contributed by atoms with van der Waals surface area (Å²) in [5.74, 6) is 2.53. The predicted octanol–water partition coefficient (Wildman–Crippen LogP) is 6.19. The van der Waals surface area contributed by atoms with E-state index in [2.05, 4.69) is 31.4 Å². The van der Waals surface area contributed by atoms with Crippen molar-refractivity contribution >= 4 is 17.3 Å². The van der Waals surface area contributed by atoms with Crippen LogP contribution in [0.15, 0.2) is 0 Å². The molecule has 25 heavy (non-hydrogen) atoms. The summed E-state index contributed by atoms with van der Waals surface area (Å²) in [4.78, 5) is 0. The third-order valence-corrected chi connectivity index (χ3v) is 7.03. The first-order valence-electron chi connectivity index (χ1n) is 11.2. The molecule has 0 aromatic rings. The van der Waals surface area contributed by atoms with Gasteiger partial charge in [0.2, 0.25) is 0 Å². The molecule has 2 aliphatic rings. The fourth-order valence-electron chi connectivity index (χ4n) is 5.25. The van der Waals surface area contributed by atoms with E-state index in [1.807, 2.05) is 0 Å². The molecule has 0 spiro atoms. The van der Waals surface area contributed by atoms with Crippen LogP contribution >= 0.6 is 12.2 Å². The highest BCUT2D eigenvalue weighted by atomic mass is 32.1. The van der Waals surface area contributed by atoms with Crippen molar-refractivity contribution in [1.82, 2.24) is 10.6 Å². The van der Waals surface area contributed by atoms with Crippen molar-refractivity contribution in [2.45, 2.75) is 116 Å². The number of unbranched alkanes of at least 4 members (excludes halogenated alkanes) is 3. The highest BCUT2D eigenvalue weighted by molar-refractivity contribution is 7.80. The van der Waals surface area contributed by atoms with Crippen LogP contribution < -0.4 is 10.6 Å². The molecule has 3 heteroatoms. The molecule has 2 atom stereocenters. The Labute approximate surface area is 162 Å². The summed E-state index contributed by atoms with van der Waals surface area (Å²) in [6.45, 7) is 7.05. The molecule has 2 rings (SSSR count). The second kappa shape index (κ2) is 11.4. The topological polar surface area (TPSA) is 24.1 Å². The minimum absolute atomic E-state index is 0.586. The molecule has 2 nitrogen and oxygen atoms in total. The molecular formula is C22H42N2S. The summed E-state index contributed by atoms with van der Waals surface area (Å²) >= 11 is 5.68. The van der Waals surface area contributed by atoms with Gasteiger partial charge in [-0.3, -0.25) is 0 Å². The van der Waals surface area contributed by atoms with Gasteiger partial charge in [0.05, 0.1) is 0 Å². The van der Waals surface area contributed by atoms with Gasteiger partial charge in [-0.25, -0.2) is 0 Å². The lowest BCUT2D eigenvalue weighted by Crippen LogP contribution is -2.53. The van der Waals surface area contributed by atoms with Gasteiger partial charge in [0.25, 0.3) is 0 Å². The second-order valence-corrected chi connectivity index (χ2v) is 9.06. The summed E-state index contributed by atoms with van der Waals surface area (Å²) in [6, 6.07) is 1.21. The van der Waals surface area contributed by atoms with E-state index >= 15 is 0 Å². The molecule has 2 aliphatic carbocycles. The first-order chi connectivity index (χ1) is 12.2. The number of hydrogen-bond acceptors (Lipinski definition) is 1. The minimum atomic E-state index is 0.586. The maximum atomic E-state index is 5.68. The minimum Gasteiger partial charge on any atom is -0.360 e. The van der Waals surface area contributed by atoms with E-state index in [9.17, 15) is 0 Å². The fraction of sp³-hybridized carbons (Fsp3) is 0.955. The molecule has 2 N–H and O–H groups in total. The molecular weight excluding hydrogens is 324 g/mol. The van der Waals surface area contributed by atoms with Crippen LogP contribution in [0.2, 0.25) is 0 Å². The van der Waals surface area contributed by atoms with Gasteiger partial charge in [0, 0.05) is 12.1 Å². The van der Waals surface area contributed by atoms with Crippen LogP contribution in [0.1, 0.15) is 104 Å². The van der Waals surface area contributed by atoms with E-state index in [4.69, 9.17) is 12.2 Å². The summed E-state index contributed by atoms with van der Waals surface area (Å²) in [5.41, 5.74) is 0. The van der Waals surface area contributed by atoms with E-state index in [1.165, 1.54) is 83.5 Å². The van der Waals surface area contributed by atoms with Crippen LogP contribution in [0.3, 0.4) is 0 Å². The molecule has 0 aliphatic heterocycles. The molecule has 0 heterocycles. The molecule has 0 radical (unpaired) electrons. The predicted molar refractivity (Wildman–Crippen MR) is 114 cm³/mol. The van der Waals surface area contributed by atoms with Crippen LogP contribution in [0.25, 0.3) is 0 Å². The first kappa shape index (κ1) is 21.0. The Kier molecular flexibility index (Phi) is 9.58. The molecule has 0 saturated heterocycles. The highest BCUT2D eigenvalue weighted by Gasteiger charge is 2.36. The summed E-state index contributed by atoms with van der Waals surface area (Å²) < 4.78 is 0. The number of nitrogens with one attached hydrogen (secondary N) is 2. The molecule has 0 aromatic heterocycles. The van der Waals surface area contributed by atoms with Crippen LogP contribution in [0.4, 0.5) is 0 Å². The summed E-state index contributed by atoms with van der Waals surface area (Å²) in [6.07, 6.45) is 17.7. The Morgan fingerprint density at radius 1 is 0.880 bits per heavy atom. The third kappa shape index (κ3) is 6.73. The number of hydrogen-bond donors (Lipinski definition) is 2. The van der Waals surface area contributed by atoms with Gasteiger partial charge in [0.1, 0.15) is 0 Å². The van der Waals surface area contributed by atoms with Gasteiger partial charge >= 0.3 is 0 Å². The van der Waals surface area contributed by atoms with Crippen LogP contribution in [0.5, 0.6) is 0 Å². The first-order valence-corrected chi connectivity index (χ1v) is 11.7. The molecule has 0 bridgehead atoms. The maximum absolute atomic E-state index is 5.68. The average Bonchev–Trinajstić information content (AvgIpc) is 3.12. The fourth-order valence-corrected chi connectivity index (χ4v) is 5.55. The van der Waals surface area contributed by atoms with Gasteiger partial charge in [0.15, 0.2) is 5.11 Å². The zero-order valence-electron chi connectivity index (χ0n) is 17.0. The van der Waals surface area contributed by atoms with E-state index in [0.29, 0.717) is 12.1 Å². The Morgan fingerprint density at radius 3 is 2.08 bits per heavy atom. The van der Waals surface area contributed by atoms with Crippen molar-refractivity contribution in [3.63, 3.8) is 0 Å². The SMILES string of the molecule is CCCCCCC1CC(CC)C(NC(=S)NC2CCCC2)C(CC)C1. The molecule has 146 valence electrons. The zero-order valence-corrected chi connectivity index (χ0v) is 17.8. The second-order valence-electron chi connectivity index (χ2n) is 8.65. The standard InChI is InChI=1S/C22H42N2S/c1-4-7-8-9-12-17-15-18(5-2)21(19(6-3)16-17)24-22(25)23-20-13-10-11-14-20/h17-21H,4-16H2,1-3H3,(H2,23,24,25). The quantitative estimate of drug-likeness (QED) is 0.375. The zero-order chi connectivity index (χ0) is 18.1. The number of rotatable bonds is 9. The van der Waals surface area contributed by atoms with E-state index in [-0.39, 0.29) is 0 Å². The average molecular weight is 367 g/mol. The lowest BCUT2D eigenvalue weighted by Gasteiger charge is -2.43. The molecule has 2 unspecified atom stereocenters. The van der Waals surface area contributed by atoms with E-state index < -0.39 is 0 Å². The summed E-state index contributed by atoms with van der Waals surface area (Å²) in [7, 11) is 0. The Morgan fingerprint density at radius 2 is 1.52 bits per heavy atom. The van der Waals surface area contributed by atoms with E-state index in [1.54, 1.807) is 0 Å². The van der Waals surface area contributed by atoms with Crippen molar-refractivity contribution in [2.75, 3.05) is 0 Å². The molecule has 0 aromatic carbocycles. The van der Waals surface area contributed by atoms with Gasteiger partial charge < -0.3 is 10.6 Å². The van der Waals surface area contributed by atoms with Crippen molar-refractivity contribution in [1.29, 1.82) is 0 Å². The normalized spacial score (nSPS) is 30.4. The Balaban J connectivity index is 1.84. The Bertz CT molecular complexity index is 364. The number of thiocarbonyl (C=S) groups is 1. The van der Waals surface area contributed by atoms with Crippen molar-refractivity contribution in [2.24, 2.45) is 17.8 Å². The third-order valence-electron chi connectivity index (χ3n) is 6.79. The molecule has 2 fully saturated rings. The lowest BCUT2D eigenvalue weighted by molar-refractivity contribution is 0.132. The van der Waals surface area contributed by atoms with Crippen molar-refractivity contribution < 1.29 is 0 Å². The van der Waals surface area contributed by atoms with Gasteiger partial charge in [-0.05, 0) is 55.7 Å². The van der Waals surface area contributed by atoms with Crippen molar-refractivity contribution in [3.05, 3.63) is 0 Å². The van der Waals surface area contributed by atoms with Crippen molar-refractivity contribution in [3.8, 4) is 0 Å². The maximum Gasteiger partial charge on any atom is 0.166 e. The van der Waals surface area contributed by atoms with Gasteiger partial charge in [-0.15, -0.1) is 0 Å². The van der Waals surface area contributed by atoms with E-state index in [0.717, 1.165) is 22.9 Å². The van der Waals surface area contributed by atoms with Crippen LogP contribution in [-0.2, 0) is 0 Å². The van der Waals surface area contributed by atoms with Crippen LogP contribution in [0, 0.1) is 17.8 Å². The summed E-state index contributed by atoms with van der Waals surface area (Å²) in [5, 5.41) is 8.29. The monoisotopic (exact) mass is 366 g/mol. The molecule has 0 amide bonds. The highest BCUT2D eigenvalue weighted by Crippen LogP contribution is 2.39. The lowest BCUT2D eigenvalue weighted by atomic mass is 9.68. The van der Waals surface area contributed by atoms with Gasteiger partial charge in [-0.2, -0.15) is 0 Å². The Hall–Kier alpha value is -0.310. The van der Waals surface area contributed by atoms with Gasteiger partial charge in [-0.1, -0.05) is 78.6 Å². The molecule has 2 saturated carbocycles.